The monoisotopic (exact) mass is 451 g/mol. The molecule has 2 aromatic carbocycles. The molecule has 2 heterocycles. The summed E-state index contributed by atoms with van der Waals surface area (Å²) in [6, 6.07) is 9.31. The second-order valence-corrected chi connectivity index (χ2v) is 8.28. The van der Waals surface area contributed by atoms with Crippen LogP contribution in [0.5, 0.6) is 17.2 Å². The number of aromatic hydroxyl groups is 1. The van der Waals surface area contributed by atoms with Crippen LogP contribution in [-0.2, 0) is 16.0 Å². The van der Waals surface area contributed by atoms with Gasteiger partial charge in [-0.25, -0.2) is 0 Å². The van der Waals surface area contributed by atoms with E-state index in [0.29, 0.717) is 30.9 Å². The van der Waals surface area contributed by atoms with Crippen LogP contribution in [-0.4, -0.2) is 46.6 Å². The number of aryl methyl sites for hydroxylation is 1. The molecule has 0 spiro atoms. The van der Waals surface area contributed by atoms with Crippen molar-refractivity contribution < 1.29 is 29.3 Å². The van der Waals surface area contributed by atoms with Crippen molar-refractivity contribution in [2.45, 2.75) is 45.6 Å². The number of aliphatic hydroxyl groups excluding tert-OH is 1. The molecular weight excluding hydrogens is 422 g/mol. The lowest BCUT2D eigenvalue weighted by Gasteiger charge is -2.26. The van der Waals surface area contributed by atoms with Crippen LogP contribution in [0, 0.1) is 0 Å². The average Bonchev–Trinajstić information content (AvgIpc) is 3.08. The topological polar surface area (TPSA) is 96.3 Å². The van der Waals surface area contributed by atoms with Gasteiger partial charge in [-0.05, 0) is 67.6 Å². The van der Waals surface area contributed by atoms with Crippen LogP contribution >= 0.6 is 0 Å². The molecule has 1 amide bonds. The van der Waals surface area contributed by atoms with Gasteiger partial charge in [-0.1, -0.05) is 19.4 Å². The predicted octanol–water partition coefficient (Wildman–Crippen LogP) is 4.34. The fourth-order valence-corrected chi connectivity index (χ4v) is 4.42. The quantitative estimate of drug-likeness (QED) is 0.369. The number of hydrogen-bond donors (Lipinski definition) is 2. The van der Waals surface area contributed by atoms with Crippen molar-refractivity contribution in [1.29, 1.82) is 0 Å². The number of likely N-dealkylation sites (tertiary alicyclic amines) is 1. The molecule has 1 fully saturated rings. The van der Waals surface area contributed by atoms with Crippen LogP contribution in [0.2, 0.25) is 0 Å². The third-order valence-corrected chi connectivity index (χ3v) is 6.07. The molecule has 2 aromatic rings. The van der Waals surface area contributed by atoms with E-state index in [-0.39, 0.29) is 22.8 Å². The molecular formula is C26H29NO6. The van der Waals surface area contributed by atoms with Crippen LogP contribution < -0.4 is 9.47 Å². The fourth-order valence-electron chi connectivity index (χ4n) is 4.42. The Kier molecular flexibility index (Phi) is 6.58. The summed E-state index contributed by atoms with van der Waals surface area (Å²) >= 11 is 0. The Bertz CT molecular complexity index is 1110. The first-order valence-corrected chi connectivity index (χ1v) is 11.5. The normalized spacial score (nSPS) is 19.3. The fraction of sp³-hybridized carbons (Fsp3) is 0.385. The number of carbonyl (C=O) groups is 2. The van der Waals surface area contributed by atoms with Gasteiger partial charge >= 0.3 is 0 Å². The first-order chi connectivity index (χ1) is 16.0. The molecule has 0 radical (unpaired) electrons. The van der Waals surface area contributed by atoms with E-state index in [0.717, 1.165) is 37.0 Å². The smallest absolute Gasteiger partial charge is 0.295 e. The molecule has 174 valence electrons. The summed E-state index contributed by atoms with van der Waals surface area (Å²) in [6.07, 6.45) is 3.27. The van der Waals surface area contributed by atoms with Gasteiger partial charge in [0.05, 0.1) is 24.8 Å². The van der Waals surface area contributed by atoms with Gasteiger partial charge in [0.2, 0.25) is 0 Å². The minimum absolute atomic E-state index is 0.0270. The van der Waals surface area contributed by atoms with Crippen molar-refractivity contribution in [2.75, 3.05) is 19.8 Å². The zero-order valence-corrected chi connectivity index (χ0v) is 19.0. The van der Waals surface area contributed by atoms with E-state index >= 15 is 0 Å². The number of benzene rings is 2. The van der Waals surface area contributed by atoms with Gasteiger partial charge in [0, 0.05) is 12.1 Å². The first kappa shape index (κ1) is 22.7. The van der Waals surface area contributed by atoms with E-state index in [1.807, 2.05) is 13.0 Å². The number of phenolic OH excluding ortho intramolecular Hbond substituents is 1. The van der Waals surface area contributed by atoms with Crippen LogP contribution in [0.1, 0.15) is 55.8 Å². The minimum atomic E-state index is -0.774. The molecule has 2 aliphatic heterocycles. The Morgan fingerprint density at radius 1 is 1.18 bits per heavy atom. The van der Waals surface area contributed by atoms with E-state index in [4.69, 9.17) is 9.47 Å². The highest BCUT2D eigenvalue weighted by Gasteiger charge is 2.46. The average molecular weight is 452 g/mol. The van der Waals surface area contributed by atoms with E-state index < -0.39 is 17.7 Å². The van der Waals surface area contributed by atoms with Gasteiger partial charge in [0.25, 0.3) is 11.7 Å². The van der Waals surface area contributed by atoms with Gasteiger partial charge in [-0.15, -0.1) is 0 Å². The van der Waals surface area contributed by atoms with Crippen molar-refractivity contribution >= 4 is 17.4 Å². The van der Waals surface area contributed by atoms with Crippen molar-refractivity contribution in [3.63, 3.8) is 0 Å². The Morgan fingerprint density at radius 3 is 2.76 bits per heavy atom. The standard InChI is InChI=1S/C26H29NO6/c1-3-5-12-27-23(17-8-10-19(28)21(15-17)32-4-2)22(25(30)26(27)31)24(29)18-9-11-20-16(14-18)7-6-13-33-20/h8-11,14-15,23,28-29H,3-7,12-13H2,1-2H3/b24-22+. The van der Waals surface area contributed by atoms with Crippen LogP contribution in [0.25, 0.3) is 5.76 Å². The number of aliphatic hydroxyl groups is 1. The zero-order valence-electron chi connectivity index (χ0n) is 19.0. The summed E-state index contributed by atoms with van der Waals surface area (Å²) in [5, 5.41) is 21.4. The molecule has 1 unspecified atom stereocenters. The number of hydrogen-bond acceptors (Lipinski definition) is 6. The second kappa shape index (κ2) is 9.57. The molecule has 0 saturated carbocycles. The number of ether oxygens (including phenoxy) is 2. The summed E-state index contributed by atoms with van der Waals surface area (Å²) in [5.74, 6) is -0.548. The number of nitrogens with zero attached hydrogens (tertiary/aromatic N) is 1. The van der Waals surface area contributed by atoms with E-state index in [2.05, 4.69) is 0 Å². The molecule has 4 rings (SSSR count). The van der Waals surface area contributed by atoms with E-state index in [1.165, 1.54) is 11.0 Å². The van der Waals surface area contributed by atoms with Gasteiger partial charge in [0.1, 0.15) is 11.5 Å². The van der Waals surface area contributed by atoms with Crippen LogP contribution in [0.15, 0.2) is 42.0 Å². The Hall–Kier alpha value is -3.48. The Balaban J connectivity index is 1.84. The molecule has 2 N–H and O–H groups in total. The largest absolute Gasteiger partial charge is 0.507 e. The molecule has 0 aliphatic carbocycles. The maximum absolute atomic E-state index is 13.1. The van der Waals surface area contributed by atoms with E-state index in [9.17, 15) is 19.8 Å². The number of carbonyl (C=O) groups excluding carboxylic acids is 2. The third-order valence-electron chi connectivity index (χ3n) is 6.07. The maximum Gasteiger partial charge on any atom is 0.295 e. The summed E-state index contributed by atoms with van der Waals surface area (Å²) in [7, 11) is 0. The highest BCUT2D eigenvalue weighted by molar-refractivity contribution is 6.46. The molecule has 0 aromatic heterocycles. The minimum Gasteiger partial charge on any atom is -0.507 e. The Morgan fingerprint density at radius 2 is 2.00 bits per heavy atom. The molecule has 7 nitrogen and oxygen atoms in total. The highest BCUT2D eigenvalue weighted by Crippen LogP contribution is 2.42. The molecule has 2 aliphatic rings. The summed E-state index contributed by atoms with van der Waals surface area (Å²) < 4.78 is 11.2. The molecule has 1 atom stereocenters. The van der Waals surface area contributed by atoms with Crippen LogP contribution in [0.3, 0.4) is 0 Å². The SMILES string of the molecule is CCCCN1C(=O)C(=O)/C(=C(/O)c2ccc3c(c2)CCCO3)C1c1ccc(O)c(OCC)c1. The number of amides is 1. The number of fused-ring (bicyclic) bond motifs is 1. The molecule has 7 heteroatoms. The van der Waals surface area contributed by atoms with E-state index in [1.54, 1.807) is 31.2 Å². The highest BCUT2D eigenvalue weighted by atomic mass is 16.5. The maximum atomic E-state index is 13.1. The van der Waals surface area contributed by atoms with Gasteiger partial charge in [0.15, 0.2) is 11.5 Å². The predicted molar refractivity (Wildman–Crippen MR) is 123 cm³/mol. The molecule has 0 bridgehead atoms. The second-order valence-electron chi connectivity index (χ2n) is 8.28. The van der Waals surface area contributed by atoms with Gasteiger partial charge in [-0.3, -0.25) is 9.59 Å². The number of phenols is 1. The van der Waals surface area contributed by atoms with Gasteiger partial charge in [-0.2, -0.15) is 0 Å². The van der Waals surface area contributed by atoms with Crippen molar-refractivity contribution in [1.82, 2.24) is 4.90 Å². The molecule has 33 heavy (non-hydrogen) atoms. The van der Waals surface area contributed by atoms with Crippen molar-refractivity contribution in [2.24, 2.45) is 0 Å². The number of rotatable bonds is 7. The zero-order chi connectivity index (χ0) is 23.5. The lowest BCUT2D eigenvalue weighted by molar-refractivity contribution is -0.139. The Labute approximate surface area is 193 Å². The lowest BCUT2D eigenvalue weighted by atomic mass is 9.93. The third kappa shape index (κ3) is 4.27. The van der Waals surface area contributed by atoms with Crippen LogP contribution in [0.4, 0.5) is 0 Å². The first-order valence-electron chi connectivity index (χ1n) is 11.5. The number of ketones is 1. The van der Waals surface area contributed by atoms with Crippen molar-refractivity contribution in [3.8, 4) is 17.2 Å². The number of Topliss-reactive ketones (excluding diaryl/α,β-unsaturated/α-hetero) is 1. The summed E-state index contributed by atoms with van der Waals surface area (Å²) in [6.45, 7) is 5.20. The van der Waals surface area contributed by atoms with Gasteiger partial charge < -0.3 is 24.6 Å². The lowest BCUT2D eigenvalue weighted by Crippen LogP contribution is -2.30. The number of unbranched alkanes of at least 4 members (excludes halogenated alkanes) is 1. The summed E-state index contributed by atoms with van der Waals surface area (Å²) in [5.41, 5.74) is 2.07. The summed E-state index contributed by atoms with van der Waals surface area (Å²) in [4.78, 5) is 27.6. The van der Waals surface area contributed by atoms with Crippen molar-refractivity contribution in [3.05, 3.63) is 58.7 Å². The molecule has 1 saturated heterocycles.